The van der Waals surface area contributed by atoms with Crippen molar-refractivity contribution in [3.8, 4) is 27.9 Å². The summed E-state index contributed by atoms with van der Waals surface area (Å²) in [6.07, 6.45) is 0. The molecule has 0 aliphatic carbocycles. The molecule has 0 radical (unpaired) electrons. The quantitative estimate of drug-likeness (QED) is 0.186. The molecule has 214 valence electrons. The smallest absolute Gasteiger partial charge is 0.160 e. The van der Waals surface area contributed by atoms with E-state index in [0.717, 1.165) is 32.9 Å². The monoisotopic (exact) mass is 593 g/mol. The van der Waals surface area contributed by atoms with Crippen molar-refractivity contribution >= 4 is 65.3 Å². The van der Waals surface area contributed by atoms with Gasteiger partial charge in [0.15, 0.2) is 5.58 Å². The van der Waals surface area contributed by atoms with E-state index in [4.69, 9.17) is 9.90 Å². The molecular formula is C44H27NO. The van der Waals surface area contributed by atoms with E-state index in [1.54, 1.807) is 24.3 Å². The van der Waals surface area contributed by atoms with Crippen molar-refractivity contribution < 1.29 is 15.4 Å². The molecule has 0 fully saturated rings. The van der Waals surface area contributed by atoms with Crippen LogP contribution in [0.2, 0.25) is 0 Å². The Morgan fingerprint density at radius 1 is 0.457 bits per heavy atom. The molecule has 0 N–H and O–H groups in total. The van der Waals surface area contributed by atoms with Gasteiger partial charge in [-0.2, -0.15) is 0 Å². The average Bonchev–Trinajstić information content (AvgIpc) is 3.76. The van der Waals surface area contributed by atoms with Crippen molar-refractivity contribution in [2.24, 2.45) is 0 Å². The molecule has 2 aromatic heterocycles. The minimum atomic E-state index is -0.442. The first-order chi connectivity index (χ1) is 26.2. The number of nitrogens with zero attached hydrogens (tertiary/aromatic N) is 1. The van der Waals surface area contributed by atoms with Crippen LogP contribution in [-0.4, -0.2) is 4.57 Å². The second-order valence-electron chi connectivity index (χ2n) is 11.4. The molecule has 0 saturated heterocycles. The molecule has 0 bridgehead atoms. The molecule has 0 amide bonds. The number of rotatable bonds is 3. The van der Waals surface area contributed by atoms with Gasteiger partial charge in [0.25, 0.3) is 0 Å². The van der Waals surface area contributed by atoms with E-state index in [-0.39, 0.29) is 51.3 Å². The van der Waals surface area contributed by atoms with Crippen molar-refractivity contribution in [1.82, 2.24) is 4.57 Å². The lowest BCUT2D eigenvalue weighted by atomic mass is 9.85. The third-order valence-corrected chi connectivity index (χ3v) is 9.03. The van der Waals surface area contributed by atoms with E-state index in [0.29, 0.717) is 33.2 Å². The minimum Gasteiger partial charge on any atom is -0.454 e. The number of hydrogen-bond donors (Lipinski definition) is 0. The minimum absolute atomic E-state index is 0.161. The van der Waals surface area contributed by atoms with Gasteiger partial charge in [-0.15, -0.1) is 0 Å². The number of para-hydroxylation sites is 3. The van der Waals surface area contributed by atoms with Crippen LogP contribution in [0.3, 0.4) is 0 Å². The van der Waals surface area contributed by atoms with E-state index < -0.39 is 24.2 Å². The lowest BCUT2D eigenvalue weighted by Gasteiger charge is -2.19. The fraction of sp³-hybridized carbons (Fsp3) is 0. The van der Waals surface area contributed by atoms with E-state index in [1.165, 1.54) is 0 Å². The summed E-state index contributed by atoms with van der Waals surface area (Å²) in [5.74, 6) is 0. The maximum atomic E-state index is 9.43. The molecule has 10 rings (SSSR count). The summed E-state index contributed by atoms with van der Waals surface area (Å²) in [6.45, 7) is 0. The highest BCUT2D eigenvalue weighted by Crippen LogP contribution is 2.48. The van der Waals surface area contributed by atoms with Crippen molar-refractivity contribution in [1.29, 1.82) is 0 Å². The van der Waals surface area contributed by atoms with Crippen LogP contribution < -0.4 is 0 Å². The van der Waals surface area contributed by atoms with Crippen LogP contribution in [0.5, 0.6) is 0 Å². The zero-order valence-electron chi connectivity index (χ0n) is 32.3. The summed E-state index contributed by atoms with van der Waals surface area (Å²) in [5, 5.41) is 4.21. The van der Waals surface area contributed by atoms with Crippen LogP contribution in [0, 0.1) is 0 Å². The van der Waals surface area contributed by atoms with Crippen LogP contribution in [-0.2, 0) is 0 Å². The zero-order valence-corrected chi connectivity index (χ0v) is 24.3. The van der Waals surface area contributed by atoms with Crippen LogP contribution >= 0.6 is 0 Å². The third kappa shape index (κ3) is 3.47. The van der Waals surface area contributed by atoms with Gasteiger partial charge in [-0.3, -0.25) is 0 Å². The summed E-state index contributed by atoms with van der Waals surface area (Å²) in [5.41, 5.74) is 5.50. The van der Waals surface area contributed by atoms with Gasteiger partial charge in [-0.05, 0) is 68.1 Å². The summed E-state index contributed by atoms with van der Waals surface area (Å²) < 4.78 is 81.7. The third-order valence-electron chi connectivity index (χ3n) is 9.03. The number of fused-ring (bicyclic) bond motifs is 8. The largest absolute Gasteiger partial charge is 0.454 e. The van der Waals surface area contributed by atoms with Crippen LogP contribution in [0.15, 0.2) is 168 Å². The highest BCUT2D eigenvalue weighted by atomic mass is 16.3. The van der Waals surface area contributed by atoms with E-state index in [1.807, 2.05) is 66.7 Å². The van der Waals surface area contributed by atoms with Crippen LogP contribution in [0.1, 0.15) is 11.0 Å². The zero-order chi connectivity index (χ0) is 37.2. The Kier molecular flexibility index (Phi) is 3.92. The molecule has 8 aromatic carbocycles. The molecule has 0 unspecified atom stereocenters. The molecule has 0 aliphatic heterocycles. The fourth-order valence-corrected chi connectivity index (χ4v) is 7.17. The molecule has 2 nitrogen and oxygen atoms in total. The van der Waals surface area contributed by atoms with Crippen molar-refractivity contribution in [3.63, 3.8) is 0 Å². The van der Waals surface area contributed by atoms with Gasteiger partial charge >= 0.3 is 0 Å². The normalized spacial score (nSPS) is 14.3. The first-order valence-electron chi connectivity index (χ1n) is 19.1. The highest BCUT2D eigenvalue weighted by molar-refractivity contribution is 6.26. The first-order valence-corrected chi connectivity index (χ1v) is 15.1. The van der Waals surface area contributed by atoms with Gasteiger partial charge in [-0.25, -0.2) is 0 Å². The maximum Gasteiger partial charge on any atom is 0.160 e. The second-order valence-corrected chi connectivity index (χ2v) is 11.4. The molecule has 46 heavy (non-hydrogen) atoms. The van der Waals surface area contributed by atoms with Gasteiger partial charge in [-0.1, -0.05) is 139 Å². The van der Waals surface area contributed by atoms with Gasteiger partial charge in [0.2, 0.25) is 0 Å². The molecule has 0 saturated carbocycles. The highest BCUT2D eigenvalue weighted by Gasteiger charge is 2.23. The molecular weight excluding hydrogens is 558 g/mol. The average molecular weight is 594 g/mol. The van der Waals surface area contributed by atoms with Gasteiger partial charge < -0.3 is 8.98 Å². The lowest BCUT2D eigenvalue weighted by Crippen LogP contribution is -1.96. The predicted octanol–water partition coefficient (Wildman–Crippen LogP) is 12.3. The van der Waals surface area contributed by atoms with Crippen LogP contribution in [0.4, 0.5) is 0 Å². The number of benzene rings is 8. The Hall–Kier alpha value is -6.12. The Morgan fingerprint density at radius 2 is 0.978 bits per heavy atom. The lowest BCUT2D eigenvalue weighted by molar-refractivity contribution is 0.666. The van der Waals surface area contributed by atoms with Crippen molar-refractivity contribution in [2.45, 2.75) is 0 Å². The Labute approximate surface area is 276 Å². The Bertz CT molecular complexity index is 3120. The summed E-state index contributed by atoms with van der Waals surface area (Å²) >= 11 is 0. The molecule has 2 heterocycles. The molecule has 0 atom stereocenters. The topological polar surface area (TPSA) is 18.1 Å². The molecule has 0 aliphatic rings. The van der Waals surface area contributed by atoms with Crippen molar-refractivity contribution in [3.05, 3.63) is 164 Å². The molecule has 2 heteroatoms. The van der Waals surface area contributed by atoms with Gasteiger partial charge in [0, 0.05) is 21.5 Å². The number of hydrogen-bond acceptors (Lipinski definition) is 1. The van der Waals surface area contributed by atoms with E-state index in [9.17, 15) is 5.48 Å². The Morgan fingerprint density at radius 3 is 1.61 bits per heavy atom. The molecule has 10 aromatic rings. The van der Waals surface area contributed by atoms with Crippen LogP contribution in [0.25, 0.3) is 93.2 Å². The predicted molar refractivity (Wildman–Crippen MR) is 194 cm³/mol. The van der Waals surface area contributed by atoms with Gasteiger partial charge in [0.05, 0.1) is 27.7 Å². The fourth-order valence-electron chi connectivity index (χ4n) is 7.17. The first kappa shape index (κ1) is 18.6. The second kappa shape index (κ2) is 9.69. The number of aromatic nitrogens is 1. The van der Waals surface area contributed by atoms with Crippen molar-refractivity contribution in [2.75, 3.05) is 0 Å². The summed E-state index contributed by atoms with van der Waals surface area (Å²) in [7, 11) is 0. The molecule has 0 spiro atoms. The van der Waals surface area contributed by atoms with E-state index >= 15 is 0 Å². The standard InChI is InChI=1S/C44H27NO/c1-2-14-28(15-3-1)41-31-18-4-6-20-33(31)42(34-21-7-5-19-32(34)41)36-26-27-39(44-43(36)35-22-10-13-25-40(35)46-44)45-37-23-11-8-16-29(37)30-17-9-12-24-38(30)45/h1-27H/i4D,5D,6D,7D,18D,19D,20D,21D. The number of furan rings is 1. The SMILES string of the molecule is [2H]c1c([2H])c([2H])c2c(-c3ccc(-n4c5ccccc5c5ccccc54)c4oc5ccccc5c34)c3c([2H])c([2H])c([2H])c([2H])c3c(-c3ccccc3)c2c1[2H]. The van der Waals surface area contributed by atoms with E-state index in [2.05, 4.69) is 28.8 Å². The van der Waals surface area contributed by atoms with Gasteiger partial charge in [0.1, 0.15) is 5.58 Å². The maximum absolute atomic E-state index is 9.43. The summed E-state index contributed by atoms with van der Waals surface area (Å²) in [4.78, 5) is 0. The summed E-state index contributed by atoms with van der Waals surface area (Å²) in [6, 6.07) is 33.8. The Balaban J connectivity index is 1.48.